The van der Waals surface area contributed by atoms with Crippen molar-refractivity contribution in [2.24, 2.45) is 0 Å². The summed E-state index contributed by atoms with van der Waals surface area (Å²) < 4.78 is 4.99. The van der Waals surface area contributed by atoms with Crippen LogP contribution in [0.1, 0.15) is 27.2 Å². The molecule has 0 aliphatic rings. The largest absolute Gasteiger partial charge is 0.444 e. The lowest BCUT2D eigenvalue weighted by molar-refractivity contribution is 0.0520. The number of hydrogen-bond acceptors (Lipinski definition) is 3. The maximum absolute atomic E-state index is 11.1. The van der Waals surface area contributed by atoms with E-state index in [4.69, 9.17) is 21.4 Å². The van der Waals surface area contributed by atoms with E-state index in [2.05, 4.69) is 5.32 Å². The Kier molecular flexibility index (Phi) is 5.88. The molecule has 0 aromatic carbocycles. The minimum atomic E-state index is -0.577. The first kappa shape index (κ1) is 13.5. The van der Waals surface area contributed by atoms with E-state index in [-0.39, 0.29) is 5.88 Å². The molecule has 0 aromatic rings. The summed E-state index contributed by atoms with van der Waals surface area (Å²) in [6.45, 7) is 5.74. The lowest BCUT2D eigenvalue weighted by Gasteiger charge is -2.19. The number of rotatable bonds is 4. The Morgan fingerprint density at radius 1 is 1.57 bits per heavy atom. The second-order valence-corrected chi connectivity index (χ2v) is 4.33. The molecule has 0 aliphatic carbocycles. The summed E-state index contributed by atoms with van der Waals surface area (Å²) in [5.41, 5.74) is -0.491. The summed E-state index contributed by atoms with van der Waals surface area (Å²) in [6, 6.07) is 0. The van der Waals surface area contributed by atoms with Gasteiger partial charge in [-0.05, 0) is 27.2 Å². The van der Waals surface area contributed by atoms with E-state index in [0.717, 1.165) is 0 Å². The average Bonchev–Trinajstić information content (AvgIpc) is 2.00. The highest BCUT2D eigenvalue weighted by atomic mass is 35.5. The van der Waals surface area contributed by atoms with Gasteiger partial charge in [-0.25, -0.2) is 4.79 Å². The number of hydrogen-bond donors (Lipinski definition) is 2. The van der Waals surface area contributed by atoms with Crippen LogP contribution in [0.2, 0.25) is 0 Å². The van der Waals surface area contributed by atoms with Crippen LogP contribution >= 0.6 is 11.6 Å². The van der Waals surface area contributed by atoms with Crippen molar-refractivity contribution >= 4 is 17.7 Å². The van der Waals surface area contributed by atoms with Crippen LogP contribution in [0.5, 0.6) is 0 Å². The summed E-state index contributed by atoms with van der Waals surface area (Å²) in [4.78, 5) is 11.1. The maximum Gasteiger partial charge on any atom is 0.407 e. The zero-order valence-corrected chi connectivity index (χ0v) is 9.60. The smallest absolute Gasteiger partial charge is 0.407 e. The number of aliphatic hydroxyl groups is 1. The molecule has 1 amide bonds. The van der Waals surface area contributed by atoms with Gasteiger partial charge in [-0.15, -0.1) is 11.6 Å². The molecule has 0 fully saturated rings. The Bertz CT molecular complexity index is 179. The molecule has 0 rings (SSSR count). The third-order valence-corrected chi connectivity index (χ3v) is 1.68. The van der Waals surface area contributed by atoms with Gasteiger partial charge in [0.1, 0.15) is 5.60 Å². The summed E-state index contributed by atoms with van der Waals surface area (Å²) >= 11 is 5.38. The van der Waals surface area contributed by atoms with E-state index in [1.54, 1.807) is 20.8 Å². The van der Waals surface area contributed by atoms with Crippen molar-refractivity contribution in [3.63, 3.8) is 0 Å². The molecule has 0 saturated carbocycles. The molecule has 0 radical (unpaired) electrons. The number of halogens is 1. The first-order valence-corrected chi connectivity index (χ1v) is 5.09. The van der Waals surface area contributed by atoms with Crippen LogP contribution in [0.15, 0.2) is 0 Å². The number of amides is 1. The molecule has 5 heteroatoms. The Hall–Kier alpha value is -0.480. The molecule has 1 unspecified atom stereocenters. The van der Waals surface area contributed by atoms with E-state index in [0.29, 0.717) is 13.0 Å². The van der Waals surface area contributed by atoms with Crippen molar-refractivity contribution in [2.45, 2.75) is 38.9 Å². The number of nitrogens with one attached hydrogen (secondary N) is 1. The number of aliphatic hydroxyl groups excluding tert-OH is 1. The maximum atomic E-state index is 11.1. The molecule has 84 valence electrons. The van der Waals surface area contributed by atoms with Crippen LogP contribution in [0, 0.1) is 0 Å². The highest BCUT2D eigenvalue weighted by Gasteiger charge is 2.15. The van der Waals surface area contributed by atoms with Crippen LogP contribution < -0.4 is 5.32 Å². The van der Waals surface area contributed by atoms with Crippen molar-refractivity contribution in [3.8, 4) is 0 Å². The van der Waals surface area contributed by atoms with Crippen molar-refractivity contribution in [1.29, 1.82) is 0 Å². The molecule has 4 nitrogen and oxygen atoms in total. The second kappa shape index (κ2) is 6.09. The highest BCUT2D eigenvalue weighted by Crippen LogP contribution is 2.06. The minimum Gasteiger partial charge on any atom is -0.444 e. The molecule has 14 heavy (non-hydrogen) atoms. The van der Waals surface area contributed by atoms with Gasteiger partial charge in [0, 0.05) is 12.4 Å². The first-order valence-electron chi connectivity index (χ1n) is 4.56. The van der Waals surface area contributed by atoms with Crippen LogP contribution in [0.25, 0.3) is 0 Å². The van der Waals surface area contributed by atoms with Crippen LogP contribution in [0.4, 0.5) is 4.79 Å². The molecule has 0 bridgehead atoms. The van der Waals surface area contributed by atoms with E-state index in [1.165, 1.54) is 0 Å². The van der Waals surface area contributed by atoms with Gasteiger partial charge in [0.15, 0.2) is 0 Å². The van der Waals surface area contributed by atoms with Crippen LogP contribution in [-0.4, -0.2) is 35.3 Å². The predicted molar refractivity (Wildman–Crippen MR) is 55.6 cm³/mol. The molecular formula is C9H18ClNO3. The fourth-order valence-corrected chi connectivity index (χ4v) is 0.886. The third kappa shape index (κ3) is 8.13. The molecule has 0 aromatic heterocycles. The fourth-order valence-electron chi connectivity index (χ4n) is 0.732. The van der Waals surface area contributed by atoms with Crippen LogP contribution in [-0.2, 0) is 4.74 Å². The Labute approximate surface area is 89.6 Å². The normalized spacial score (nSPS) is 13.5. The highest BCUT2D eigenvalue weighted by molar-refractivity contribution is 6.18. The van der Waals surface area contributed by atoms with Gasteiger partial charge >= 0.3 is 6.09 Å². The summed E-state index contributed by atoms with van der Waals surface area (Å²) in [5, 5.41) is 11.6. The lowest BCUT2D eigenvalue weighted by Crippen LogP contribution is -2.34. The SMILES string of the molecule is CC(C)(C)OC(=O)NCCC(O)CCl. The standard InChI is InChI=1S/C9H18ClNO3/c1-9(2,3)14-8(13)11-5-4-7(12)6-10/h7,12H,4-6H2,1-3H3,(H,11,13). The number of alkyl halides is 1. The van der Waals surface area contributed by atoms with Gasteiger partial charge in [-0.3, -0.25) is 0 Å². The summed E-state index contributed by atoms with van der Waals surface area (Å²) in [6.07, 6.45) is -0.617. The van der Waals surface area contributed by atoms with E-state index in [9.17, 15) is 4.79 Å². The fraction of sp³-hybridized carbons (Fsp3) is 0.889. The summed E-state index contributed by atoms with van der Waals surface area (Å²) in [5.74, 6) is 0.177. The minimum absolute atomic E-state index is 0.177. The Morgan fingerprint density at radius 3 is 2.57 bits per heavy atom. The monoisotopic (exact) mass is 223 g/mol. The van der Waals surface area contributed by atoms with Crippen LogP contribution in [0.3, 0.4) is 0 Å². The Morgan fingerprint density at radius 2 is 2.14 bits per heavy atom. The molecule has 0 aliphatic heterocycles. The zero-order chi connectivity index (χ0) is 11.2. The molecule has 0 saturated heterocycles. The Balaban J connectivity index is 3.55. The average molecular weight is 224 g/mol. The molecular weight excluding hydrogens is 206 g/mol. The predicted octanol–water partition coefficient (Wildman–Crippen LogP) is 1.50. The molecule has 0 spiro atoms. The summed E-state index contributed by atoms with van der Waals surface area (Å²) in [7, 11) is 0. The van der Waals surface area contributed by atoms with Crippen molar-refractivity contribution in [1.82, 2.24) is 5.32 Å². The van der Waals surface area contributed by atoms with Gasteiger partial charge in [0.2, 0.25) is 0 Å². The zero-order valence-electron chi connectivity index (χ0n) is 8.84. The van der Waals surface area contributed by atoms with E-state index < -0.39 is 17.8 Å². The van der Waals surface area contributed by atoms with E-state index >= 15 is 0 Å². The van der Waals surface area contributed by atoms with E-state index in [1.807, 2.05) is 0 Å². The number of alkyl carbamates (subject to hydrolysis) is 1. The number of carbonyl (C=O) groups is 1. The van der Waals surface area contributed by atoms with Gasteiger partial charge in [0.25, 0.3) is 0 Å². The molecule has 1 atom stereocenters. The van der Waals surface area contributed by atoms with Crippen molar-refractivity contribution < 1.29 is 14.6 Å². The first-order chi connectivity index (χ1) is 6.35. The number of ether oxygens (including phenoxy) is 1. The van der Waals surface area contributed by atoms with Gasteiger partial charge in [-0.2, -0.15) is 0 Å². The number of carbonyl (C=O) groups excluding carboxylic acids is 1. The third-order valence-electron chi connectivity index (χ3n) is 1.32. The quantitative estimate of drug-likeness (QED) is 0.711. The van der Waals surface area contributed by atoms with Gasteiger partial charge in [0.05, 0.1) is 6.10 Å². The molecule has 2 N–H and O–H groups in total. The van der Waals surface area contributed by atoms with Gasteiger partial charge < -0.3 is 15.2 Å². The van der Waals surface area contributed by atoms with Crippen molar-refractivity contribution in [3.05, 3.63) is 0 Å². The van der Waals surface area contributed by atoms with Gasteiger partial charge in [-0.1, -0.05) is 0 Å². The molecule has 0 heterocycles. The second-order valence-electron chi connectivity index (χ2n) is 4.03. The van der Waals surface area contributed by atoms with Crippen molar-refractivity contribution in [2.75, 3.05) is 12.4 Å². The lowest BCUT2D eigenvalue weighted by atomic mass is 10.2. The topological polar surface area (TPSA) is 58.6 Å².